The molecule has 1 saturated carbocycles. The van der Waals surface area contributed by atoms with Gasteiger partial charge in [0.05, 0.1) is 10.8 Å². The molecule has 2 amide bonds. The summed E-state index contributed by atoms with van der Waals surface area (Å²) >= 11 is 0. The van der Waals surface area contributed by atoms with Crippen molar-refractivity contribution in [3.05, 3.63) is 29.8 Å². The molecule has 0 bridgehead atoms. The van der Waals surface area contributed by atoms with Gasteiger partial charge in [-0.2, -0.15) is 4.72 Å². The van der Waals surface area contributed by atoms with E-state index in [0.29, 0.717) is 12.8 Å². The maximum absolute atomic E-state index is 14.0. The molecule has 9 nitrogen and oxygen atoms in total. The highest BCUT2D eigenvalue weighted by molar-refractivity contribution is 7.89. The molecule has 1 heterocycles. The van der Waals surface area contributed by atoms with Crippen LogP contribution >= 0.6 is 0 Å². The first-order chi connectivity index (χ1) is 17.4. The van der Waals surface area contributed by atoms with E-state index in [1.54, 1.807) is 32.0 Å². The minimum atomic E-state index is -4.00. The van der Waals surface area contributed by atoms with Gasteiger partial charge in [-0.3, -0.25) is 9.59 Å². The zero-order valence-electron chi connectivity index (χ0n) is 22.4. The molecule has 11 heteroatoms. The molecular weight excluding hydrogens is 493 g/mol. The van der Waals surface area contributed by atoms with Crippen LogP contribution in [-0.4, -0.2) is 66.4 Å². The van der Waals surface area contributed by atoms with Crippen molar-refractivity contribution in [3.63, 3.8) is 0 Å². The summed E-state index contributed by atoms with van der Waals surface area (Å²) in [7, 11) is -5.71. The van der Waals surface area contributed by atoms with E-state index in [2.05, 4.69) is 10.0 Å². The van der Waals surface area contributed by atoms with Crippen molar-refractivity contribution < 1.29 is 28.1 Å². The fraction of sp³-hybridized carbons (Fsp3) is 0.692. The van der Waals surface area contributed by atoms with Crippen LogP contribution in [0.2, 0.25) is 0 Å². The third kappa shape index (κ3) is 6.74. The van der Waals surface area contributed by atoms with Crippen LogP contribution in [0, 0.1) is 18.8 Å². The van der Waals surface area contributed by atoms with Crippen molar-refractivity contribution in [3.8, 4) is 0 Å². The van der Waals surface area contributed by atoms with Gasteiger partial charge in [-0.05, 0) is 55.7 Å². The number of benzene rings is 1. The third-order valence-corrected chi connectivity index (χ3v) is 9.59. The first-order valence-corrected chi connectivity index (χ1v) is 15.0. The van der Waals surface area contributed by atoms with Gasteiger partial charge in [-0.1, -0.05) is 65.0 Å². The second-order valence-corrected chi connectivity index (χ2v) is 12.7. The number of carbonyl (C=O) groups is 2. The predicted molar refractivity (Wildman–Crippen MR) is 143 cm³/mol. The second kappa shape index (κ2) is 12.3. The van der Waals surface area contributed by atoms with Crippen molar-refractivity contribution in [2.75, 3.05) is 6.54 Å². The van der Waals surface area contributed by atoms with Gasteiger partial charge in [-0.15, -0.1) is 0 Å². The average molecular weight is 536 g/mol. The Labute approximate surface area is 221 Å². The summed E-state index contributed by atoms with van der Waals surface area (Å²) in [5, 5.41) is 22.1. The topological polar surface area (TPSA) is 136 Å². The summed E-state index contributed by atoms with van der Waals surface area (Å²) in [6, 6.07) is 5.73. The van der Waals surface area contributed by atoms with Crippen molar-refractivity contribution in [2.45, 2.75) is 101 Å². The molecule has 0 spiro atoms. The molecule has 0 radical (unpaired) electrons. The fourth-order valence-electron chi connectivity index (χ4n) is 5.67. The lowest BCUT2D eigenvalue weighted by Crippen LogP contribution is -2.60. The lowest BCUT2D eigenvalue weighted by atomic mass is 9.77. The highest BCUT2D eigenvalue weighted by Gasteiger charge is 2.54. The molecule has 37 heavy (non-hydrogen) atoms. The smallest absolute Gasteiger partial charge is 0.426 e. The molecule has 206 valence electrons. The summed E-state index contributed by atoms with van der Waals surface area (Å²) < 4.78 is 29.5. The van der Waals surface area contributed by atoms with Gasteiger partial charge < -0.3 is 20.3 Å². The molecule has 3 rings (SSSR count). The van der Waals surface area contributed by atoms with Crippen LogP contribution in [0.15, 0.2) is 29.2 Å². The zero-order chi connectivity index (χ0) is 27.4. The number of sulfonamides is 1. The Morgan fingerprint density at radius 1 is 1.22 bits per heavy atom. The number of carbonyl (C=O) groups excluding carboxylic acids is 2. The van der Waals surface area contributed by atoms with Crippen LogP contribution < -0.4 is 10.0 Å². The van der Waals surface area contributed by atoms with Crippen molar-refractivity contribution in [1.29, 1.82) is 0 Å². The van der Waals surface area contributed by atoms with Gasteiger partial charge in [0.2, 0.25) is 21.8 Å². The lowest BCUT2D eigenvalue weighted by Gasteiger charge is -2.36. The Hall–Kier alpha value is -1.95. The Morgan fingerprint density at radius 3 is 2.46 bits per heavy atom. The highest BCUT2D eigenvalue weighted by Crippen LogP contribution is 2.36. The summed E-state index contributed by atoms with van der Waals surface area (Å²) in [6.45, 7) is 7.40. The van der Waals surface area contributed by atoms with E-state index in [-0.39, 0.29) is 29.7 Å². The standard InChI is InChI=1S/C26H42BN3O6S/c1-5-23(27(33)34)28-24(31)22(17-20-11-7-6-8-12-20)30-15-14-26(18(2)3,25(30)32)29-37(35,36)21-13-9-10-19(4)16-21/h9-10,13,16,18,20,22-23,29,33-34H,5-8,11-12,14-15,17H2,1-4H3,(H,28,31)/t22-,23+,26+/m1/s1. The van der Waals surface area contributed by atoms with Crippen molar-refractivity contribution >= 4 is 29.0 Å². The Morgan fingerprint density at radius 2 is 1.89 bits per heavy atom. The van der Waals surface area contributed by atoms with Crippen LogP contribution in [0.4, 0.5) is 0 Å². The molecule has 2 aliphatic rings. The molecule has 1 aliphatic heterocycles. The molecule has 1 aromatic carbocycles. The lowest BCUT2D eigenvalue weighted by molar-refractivity contribution is -0.142. The first kappa shape index (κ1) is 29.6. The van der Waals surface area contributed by atoms with E-state index in [0.717, 1.165) is 37.7 Å². The number of nitrogens with zero attached hydrogens (tertiary/aromatic N) is 1. The van der Waals surface area contributed by atoms with Gasteiger partial charge in [0.1, 0.15) is 11.6 Å². The van der Waals surface area contributed by atoms with Crippen LogP contribution in [-0.2, 0) is 19.6 Å². The van der Waals surface area contributed by atoms with E-state index in [1.165, 1.54) is 11.0 Å². The minimum Gasteiger partial charge on any atom is -0.426 e. The number of hydrogen-bond acceptors (Lipinski definition) is 6. The Bertz CT molecular complexity index is 1060. The average Bonchev–Trinajstić information content (AvgIpc) is 3.17. The van der Waals surface area contributed by atoms with Gasteiger partial charge in [0.15, 0.2) is 0 Å². The summed E-state index contributed by atoms with van der Waals surface area (Å²) in [5.74, 6) is -1.78. The molecule has 0 unspecified atom stereocenters. The normalized spacial score (nSPS) is 22.8. The second-order valence-electron chi connectivity index (χ2n) is 11.0. The predicted octanol–water partition coefficient (Wildman–Crippen LogP) is 2.15. The van der Waals surface area contributed by atoms with E-state index in [9.17, 15) is 28.1 Å². The number of nitrogens with one attached hydrogen (secondary N) is 2. The Balaban J connectivity index is 1.91. The quantitative estimate of drug-likeness (QED) is 0.321. The number of hydrogen-bond donors (Lipinski definition) is 4. The molecule has 0 aromatic heterocycles. The van der Waals surface area contributed by atoms with Crippen LogP contribution in [0.1, 0.15) is 77.7 Å². The molecule has 1 saturated heterocycles. The highest BCUT2D eigenvalue weighted by atomic mass is 32.2. The van der Waals surface area contributed by atoms with Crippen molar-refractivity contribution in [2.24, 2.45) is 11.8 Å². The van der Waals surface area contributed by atoms with Gasteiger partial charge in [0.25, 0.3) is 0 Å². The molecule has 1 aromatic rings. The minimum absolute atomic E-state index is 0.0954. The van der Waals surface area contributed by atoms with E-state index >= 15 is 0 Å². The van der Waals surface area contributed by atoms with Gasteiger partial charge >= 0.3 is 7.12 Å². The molecular formula is C26H42BN3O6S. The SMILES string of the molecule is CC[C@H](NC(=O)[C@@H](CC1CCCCC1)N1CC[C@](NS(=O)(=O)c2cccc(C)c2)(C(C)C)C1=O)B(O)O. The van der Waals surface area contributed by atoms with Crippen molar-refractivity contribution in [1.82, 2.24) is 14.9 Å². The van der Waals surface area contributed by atoms with E-state index in [1.807, 2.05) is 13.8 Å². The van der Waals surface area contributed by atoms with E-state index in [4.69, 9.17) is 0 Å². The number of rotatable bonds is 11. The van der Waals surface area contributed by atoms with Gasteiger partial charge in [0, 0.05) is 6.54 Å². The van der Waals surface area contributed by atoms with Crippen LogP contribution in [0.25, 0.3) is 0 Å². The molecule has 3 atom stereocenters. The maximum atomic E-state index is 14.0. The first-order valence-electron chi connectivity index (χ1n) is 13.5. The fourth-order valence-corrected chi connectivity index (χ4v) is 7.29. The maximum Gasteiger partial charge on any atom is 0.475 e. The molecule has 1 aliphatic carbocycles. The van der Waals surface area contributed by atoms with Crippen LogP contribution in [0.5, 0.6) is 0 Å². The monoisotopic (exact) mass is 535 g/mol. The molecule has 4 N–H and O–H groups in total. The van der Waals surface area contributed by atoms with E-state index < -0.39 is 46.5 Å². The Kier molecular flexibility index (Phi) is 9.82. The van der Waals surface area contributed by atoms with Crippen LogP contribution in [0.3, 0.4) is 0 Å². The summed E-state index contributed by atoms with van der Waals surface area (Å²) in [6.07, 6.45) is 6.28. The zero-order valence-corrected chi connectivity index (χ0v) is 23.3. The number of likely N-dealkylation sites (tertiary alicyclic amines) is 1. The summed E-state index contributed by atoms with van der Waals surface area (Å²) in [4.78, 5) is 29.1. The largest absolute Gasteiger partial charge is 0.475 e. The summed E-state index contributed by atoms with van der Waals surface area (Å²) in [5.41, 5.74) is -0.587. The van der Waals surface area contributed by atoms with Gasteiger partial charge in [-0.25, -0.2) is 8.42 Å². The third-order valence-electron chi connectivity index (χ3n) is 8.08. The molecule has 2 fully saturated rings. The number of amides is 2. The number of aryl methyl sites for hydroxylation is 1.